The van der Waals surface area contributed by atoms with Gasteiger partial charge in [-0.3, -0.25) is 9.48 Å². The molecule has 0 aromatic carbocycles. The van der Waals surface area contributed by atoms with E-state index in [-0.39, 0.29) is 17.2 Å². The topological polar surface area (TPSA) is 75.4 Å². The van der Waals surface area contributed by atoms with E-state index in [1.165, 1.54) is 10.9 Å². The standard InChI is InChI=1S/C14H23N3O3/c1-9(2)6-17(7-10(3)4)13(18)12-11(14(19)20)8-16(5)15-12/h8-10H,6-7H2,1-5H3,(H,19,20). The van der Waals surface area contributed by atoms with Gasteiger partial charge in [0.1, 0.15) is 5.56 Å². The summed E-state index contributed by atoms with van der Waals surface area (Å²) in [6, 6.07) is 0. The molecule has 0 aliphatic carbocycles. The van der Waals surface area contributed by atoms with E-state index in [1.54, 1.807) is 11.9 Å². The van der Waals surface area contributed by atoms with Crippen LogP contribution in [0.1, 0.15) is 48.5 Å². The van der Waals surface area contributed by atoms with Crippen LogP contribution in [0.25, 0.3) is 0 Å². The molecule has 6 heteroatoms. The van der Waals surface area contributed by atoms with Gasteiger partial charge in [0.05, 0.1) is 0 Å². The third kappa shape index (κ3) is 4.08. The molecule has 6 nitrogen and oxygen atoms in total. The van der Waals surface area contributed by atoms with Gasteiger partial charge in [0.15, 0.2) is 5.69 Å². The highest BCUT2D eigenvalue weighted by Gasteiger charge is 2.26. The Bertz CT molecular complexity index is 482. The van der Waals surface area contributed by atoms with Gasteiger partial charge in [-0.25, -0.2) is 4.79 Å². The largest absolute Gasteiger partial charge is 0.478 e. The number of aromatic nitrogens is 2. The van der Waals surface area contributed by atoms with Crippen LogP contribution in [-0.4, -0.2) is 44.8 Å². The SMILES string of the molecule is CC(C)CN(CC(C)C)C(=O)c1nn(C)cc1C(=O)O. The molecule has 0 atom stereocenters. The average molecular weight is 281 g/mol. The lowest BCUT2D eigenvalue weighted by Gasteiger charge is -2.25. The highest BCUT2D eigenvalue weighted by atomic mass is 16.4. The van der Waals surface area contributed by atoms with E-state index in [4.69, 9.17) is 5.11 Å². The van der Waals surface area contributed by atoms with Gasteiger partial charge < -0.3 is 10.0 Å². The molecule has 0 fully saturated rings. The molecular weight excluding hydrogens is 258 g/mol. The quantitative estimate of drug-likeness (QED) is 0.863. The number of hydrogen-bond donors (Lipinski definition) is 1. The molecular formula is C14H23N3O3. The van der Waals surface area contributed by atoms with Gasteiger partial charge in [0, 0.05) is 26.3 Å². The molecule has 0 saturated heterocycles. The number of amides is 1. The first kappa shape index (κ1) is 16.2. The summed E-state index contributed by atoms with van der Waals surface area (Å²) in [5, 5.41) is 13.2. The molecule has 0 aliphatic rings. The maximum absolute atomic E-state index is 12.5. The van der Waals surface area contributed by atoms with Gasteiger partial charge in [0.2, 0.25) is 0 Å². The summed E-state index contributed by atoms with van der Waals surface area (Å²) in [5.74, 6) is -0.815. The number of aryl methyl sites for hydroxylation is 1. The predicted octanol–water partition coefficient (Wildman–Crippen LogP) is 1.87. The van der Waals surface area contributed by atoms with Crippen molar-refractivity contribution < 1.29 is 14.7 Å². The van der Waals surface area contributed by atoms with Crippen molar-refractivity contribution in [3.63, 3.8) is 0 Å². The fraction of sp³-hybridized carbons (Fsp3) is 0.643. The fourth-order valence-corrected chi connectivity index (χ4v) is 2.07. The van der Waals surface area contributed by atoms with Crippen LogP contribution in [0, 0.1) is 11.8 Å². The Morgan fingerprint density at radius 3 is 2.15 bits per heavy atom. The van der Waals surface area contributed by atoms with E-state index in [0.717, 1.165) is 0 Å². The minimum Gasteiger partial charge on any atom is -0.478 e. The second-order valence-corrected chi connectivity index (χ2v) is 5.87. The molecule has 0 aliphatic heterocycles. The van der Waals surface area contributed by atoms with Crippen molar-refractivity contribution in [3.8, 4) is 0 Å². The lowest BCUT2D eigenvalue weighted by atomic mass is 10.1. The lowest BCUT2D eigenvalue weighted by molar-refractivity contribution is 0.0661. The summed E-state index contributed by atoms with van der Waals surface area (Å²) < 4.78 is 1.36. The highest BCUT2D eigenvalue weighted by molar-refractivity contribution is 6.03. The van der Waals surface area contributed by atoms with Crippen LogP contribution in [0.15, 0.2) is 6.20 Å². The van der Waals surface area contributed by atoms with Crippen molar-refractivity contribution in [2.45, 2.75) is 27.7 Å². The van der Waals surface area contributed by atoms with Gasteiger partial charge in [-0.2, -0.15) is 5.10 Å². The van der Waals surface area contributed by atoms with Crippen LogP contribution >= 0.6 is 0 Å². The molecule has 1 rings (SSSR count). The summed E-state index contributed by atoms with van der Waals surface area (Å²) >= 11 is 0. The minimum absolute atomic E-state index is 0.0151. The number of carboxylic acid groups (broad SMARTS) is 1. The molecule has 20 heavy (non-hydrogen) atoms. The smallest absolute Gasteiger partial charge is 0.339 e. The number of hydrogen-bond acceptors (Lipinski definition) is 3. The second kappa shape index (κ2) is 6.54. The van der Waals surface area contributed by atoms with Crippen molar-refractivity contribution in [2.75, 3.05) is 13.1 Å². The molecule has 1 heterocycles. The van der Waals surface area contributed by atoms with E-state index in [0.29, 0.717) is 24.9 Å². The molecule has 0 spiro atoms. The molecule has 112 valence electrons. The summed E-state index contributed by atoms with van der Waals surface area (Å²) in [7, 11) is 1.61. The third-order valence-electron chi connectivity index (χ3n) is 2.72. The van der Waals surface area contributed by atoms with Crippen LogP contribution < -0.4 is 0 Å². The first-order chi connectivity index (χ1) is 9.22. The maximum Gasteiger partial charge on any atom is 0.339 e. The molecule has 1 aromatic rings. The van der Waals surface area contributed by atoms with Crippen LogP contribution in [-0.2, 0) is 7.05 Å². The lowest BCUT2D eigenvalue weighted by Crippen LogP contribution is -2.38. The Morgan fingerprint density at radius 2 is 1.75 bits per heavy atom. The Balaban J connectivity index is 3.08. The molecule has 1 amide bonds. The summed E-state index contributed by atoms with van der Waals surface area (Å²) in [4.78, 5) is 25.4. The van der Waals surface area contributed by atoms with Crippen molar-refractivity contribution >= 4 is 11.9 Å². The number of rotatable bonds is 6. The van der Waals surface area contributed by atoms with Crippen molar-refractivity contribution in [3.05, 3.63) is 17.5 Å². The van der Waals surface area contributed by atoms with Crippen LogP contribution in [0.5, 0.6) is 0 Å². The number of aromatic carboxylic acids is 1. The van der Waals surface area contributed by atoms with Crippen LogP contribution in [0.2, 0.25) is 0 Å². The maximum atomic E-state index is 12.5. The second-order valence-electron chi connectivity index (χ2n) is 5.87. The van der Waals surface area contributed by atoms with Gasteiger partial charge in [-0.05, 0) is 11.8 Å². The first-order valence-corrected chi connectivity index (χ1v) is 6.78. The molecule has 1 N–H and O–H groups in total. The van der Waals surface area contributed by atoms with Crippen molar-refractivity contribution in [1.29, 1.82) is 0 Å². The third-order valence-corrected chi connectivity index (χ3v) is 2.72. The zero-order valence-electron chi connectivity index (χ0n) is 12.8. The van der Waals surface area contributed by atoms with Gasteiger partial charge in [0.25, 0.3) is 5.91 Å². The van der Waals surface area contributed by atoms with Crippen LogP contribution in [0.4, 0.5) is 0 Å². The molecule has 1 aromatic heterocycles. The average Bonchev–Trinajstić information content (AvgIpc) is 2.68. The van der Waals surface area contributed by atoms with Crippen molar-refractivity contribution in [2.24, 2.45) is 18.9 Å². The van der Waals surface area contributed by atoms with Crippen molar-refractivity contribution in [1.82, 2.24) is 14.7 Å². The van der Waals surface area contributed by atoms with E-state index in [9.17, 15) is 9.59 Å². The molecule has 0 bridgehead atoms. The normalized spacial score (nSPS) is 11.2. The molecule has 0 unspecified atom stereocenters. The monoisotopic (exact) mass is 281 g/mol. The van der Waals surface area contributed by atoms with Crippen LogP contribution in [0.3, 0.4) is 0 Å². The highest BCUT2D eigenvalue weighted by Crippen LogP contribution is 2.13. The summed E-state index contributed by atoms with van der Waals surface area (Å²) in [6.07, 6.45) is 1.36. The number of carbonyl (C=O) groups is 2. The van der Waals surface area contributed by atoms with E-state index in [1.807, 2.05) is 27.7 Å². The number of carbonyl (C=O) groups excluding carboxylic acids is 1. The first-order valence-electron chi connectivity index (χ1n) is 6.78. The van der Waals surface area contributed by atoms with Gasteiger partial charge in [-0.1, -0.05) is 27.7 Å². The number of nitrogens with zero attached hydrogens (tertiary/aromatic N) is 3. The molecule has 0 radical (unpaired) electrons. The Morgan fingerprint density at radius 1 is 1.25 bits per heavy atom. The van der Waals surface area contributed by atoms with E-state index >= 15 is 0 Å². The van der Waals surface area contributed by atoms with Gasteiger partial charge in [-0.15, -0.1) is 0 Å². The van der Waals surface area contributed by atoms with E-state index in [2.05, 4.69) is 5.10 Å². The summed E-state index contributed by atoms with van der Waals surface area (Å²) in [5.41, 5.74) is -0.0312. The van der Waals surface area contributed by atoms with E-state index < -0.39 is 5.97 Å². The Hall–Kier alpha value is -1.85. The zero-order chi connectivity index (χ0) is 15.4. The Kier molecular flexibility index (Phi) is 5.30. The van der Waals surface area contributed by atoms with Gasteiger partial charge >= 0.3 is 5.97 Å². The fourth-order valence-electron chi connectivity index (χ4n) is 2.07. The summed E-state index contributed by atoms with van der Waals surface area (Å²) in [6.45, 7) is 9.28. The minimum atomic E-state index is -1.13. The zero-order valence-corrected chi connectivity index (χ0v) is 12.8. The predicted molar refractivity (Wildman–Crippen MR) is 75.7 cm³/mol. The Labute approximate surface area is 119 Å². The molecule has 0 saturated carbocycles. The number of carboxylic acids is 1.